The summed E-state index contributed by atoms with van der Waals surface area (Å²) in [5.41, 5.74) is 5.00. The summed E-state index contributed by atoms with van der Waals surface area (Å²) >= 11 is 0. The molecule has 6 rings (SSSR count). The van der Waals surface area contributed by atoms with Gasteiger partial charge in [0.05, 0.1) is 6.10 Å². The van der Waals surface area contributed by atoms with E-state index in [0.29, 0.717) is 30.3 Å². The SMILES string of the molecule is CC(=O)Nc1ccc(-c2cc3cc(-c4nnc([C@@H]5CCCN5C(=O)C(NC(=O)OC(C)C)c5ccccc5)o4)ccc3[nH]2)cc1. The average molecular weight is 607 g/mol. The van der Waals surface area contributed by atoms with Crippen molar-refractivity contribution in [3.63, 3.8) is 0 Å². The first kappa shape index (κ1) is 29.6. The third-order valence-corrected chi connectivity index (χ3v) is 7.63. The van der Waals surface area contributed by atoms with Crippen molar-refractivity contribution in [1.29, 1.82) is 0 Å². The Morgan fingerprint density at radius 3 is 2.47 bits per heavy atom. The van der Waals surface area contributed by atoms with Gasteiger partial charge in [0, 0.05) is 41.3 Å². The minimum Gasteiger partial charge on any atom is -0.447 e. The molecule has 2 aromatic heterocycles. The van der Waals surface area contributed by atoms with Gasteiger partial charge in [0.1, 0.15) is 12.1 Å². The Bertz CT molecular complexity index is 1830. The highest BCUT2D eigenvalue weighted by Gasteiger charge is 2.38. The quantitative estimate of drug-likeness (QED) is 0.186. The van der Waals surface area contributed by atoms with E-state index in [2.05, 4.69) is 25.8 Å². The number of anilines is 1. The summed E-state index contributed by atoms with van der Waals surface area (Å²) in [4.78, 5) is 42.9. The zero-order valence-electron chi connectivity index (χ0n) is 25.2. The number of ether oxygens (including phenoxy) is 1. The summed E-state index contributed by atoms with van der Waals surface area (Å²) < 4.78 is 11.4. The summed E-state index contributed by atoms with van der Waals surface area (Å²) in [6.07, 6.45) is 0.434. The number of fused-ring (bicyclic) bond motifs is 1. The summed E-state index contributed by atoms with van der Waals surface area (Å²) in [5, 5.41) is 15.2. The van der Waals surface area contributed by atoms with Crippen LogP contribution in [0.1, 0.15) is 57.2 Å². The number of benzene rings is 3. The number of likely N-dealkylation sites (tertiary alicyclic amines) is 1. The second-order valence-electron chi connectivity index (χ2n) is 11.3. The van der Waals surface area contributed by atoms with E-state index >= 15 is 0 Å². The molecule has 3 aromatic carbocycles. The monoisotopic (exact) mass is 606 g/mol. The van der Waals surface area contributed by atoms with Crippen molar-refractivity contribution in [3.05, 3.63) is 90.3 Å². The van der Waals surface area contributed by atoms with Crippen LogP contribution >= 0.6 is 0 Å². The van der Waals surface area contributed by atoms with Crippen molar-refractivity contribution < 1.29 is 23.5 Å². The van der Waals surface area contributed by atoms with E-state index in [-0.39, 0.29) is 17.9 Å². The molecule has 1 aliphatic heterocycles. The minimum absolute atomic E-state index is 0.116. The van der Waals surface area contributed by atoms with Crippen molar-refractivity contribution in [2.75, 3.05) is 11.9 Å². The molecular formula is C34H34N6O5. The Morgan fingerprint density at radius 1 is 0.978 bits per heavy atom. The molecule has 0 saturated carbocycles. The molecule has 1 saturated heterocycles. The lowest BCUT2D eigenvalue weighted by Crippen LogP contribution is -2.43. The molecule has 0 aliphatic carbocycles. The van der Waals surface area contributed by atoms with Gasteiger partial charge in [-0.15, -0.1) is 10.2 Å². The van der Waals surface area contributed by atoms with Crippen LogP contribution in [0.4, 0.5) is 10.5 Å². The first-order chi connectivity index (χ1) is 21.7. The van der Waals surface area contributed by atoms with Crippen molar-refractivity contribution in [1.82, 2.24) is 25.4 Å². The number of carbonyl (C=O) groups excluding carboxylic acids is 3. The Morgan fingerprint density at radius 2 is 1.73 bits per heavy atom. The van der Waals surface area contributed by atoms with Crippen LogP contribution in [-0.2, 0) is 14.3 Å². The predicted octanol–water partition coefficient (Wildman–Crippen LogP) is 6.38. The van der Waals surface area contributed by atoms with Gasteiger partial charge in [-0.3, -0.25) is 9.59 Å². The molecule has 0 radical (unpaired) electrons. The number of rotatable bonds is 8. The van der Waals surface area contributed by atoms with E-state index in [9.17, 15) is 14.4 Å². The van der Waals surface area contributed by atoms with E-state index in [4.69, 9.17) is 9.15 Å². The highest BCUT2D eigenvalue weighted by Crippen LogP contribution is 2.36. The number of nitrogens with zero attached hydrogens (tertiary/aromatic N) is 3. The van der Waals surface area contributed by atoms with Gasteiger partial charge in [0.15, 0.2) is 0 Å². The number of nitrogens with one attached hydrogen (secondary N) is 3. The maximum atomic E-state index is 13.9. The third kappa shape index (κ3) is 6.57. The van der Waals surface area contributed by atoms with E-state index in [1.807, 2.05) is 66.7 Å². The van der Waals surface area contributed by atoms with Crippen molar-refractivity contribution in [2.24, 2.45) is 0 Å². The number of H-pyrrole nitrogens is 1. The minimum atomic E-state index is -0.924. The normalized spacial score (nSPS) is 15.3. The Balaban J connectivity index is 1.21. The number of aromatic nitrogens is 3. The van der Waals surface area contributed by atoms with Crippen LogP contribution in [0.3, 0.4) is 0 Å². The van der Waals surface area contributed by atoms with Gasteiger partial charge in [-0.1, -0.05) is 42.5 Å². The fourth-order valence-electron chi connectivity index (χ4n) is 5.60. The molecule has 0 spiro atoms. The Hall–Kier alpha value is -5.45. The summed E-state index contributed by atoms with van der Waals surface area (Å²) in [5.74, 6) is 0.318. The van der Waals surface area contributed by atoms with Gasteiger partial charge in [0.25, 0.3) is 5.91 Å². The molecule has 11 heteroatoms. The van der Waals surface area contributed by atoms with Crippen LogP contribution in [0.15, 0.2) is 83.3 Å². The van der Waals surface area contributed by atoms with Gasteiger partial charge < -0.3 is 29.7 Å². The zero-order chi connectivity index (χ0) is 31.5. The van der Waals surface area contributed by atoms with Gasteiger partial charge in [-0.25, -0.2) is 4.79 Å². The molecule has 5 aromatic rings. The molecule has 3 N–H and O–H groups in total. The van der Waals surface area contributed by atoms with Gasteiger partial charge >= 0.3 is 6.09 Å². The van der Waals surface area contributed by atoms with E-state index in [1.54, 1.807) is 30.9 Å². The smallest absolute Gasteiger partial charge is 0.408 e. The summed E-state index contributed by atoms with van der Waals surface area (Å²) in [7, 11) is 0. The lowest BCUT2D eigenvalue weighted by Gasteiger charge is -2.28. The first-order valence-corrected chi connectivity index (χ1v) is 14.9. The topological polar surface area (TPSA) is 142 Å². The van der Waals surface area contributed by atoms with E-state index in [1.165, 1.54) is 6.92 Å². The van der Waals surface area contributed by atoms with Gasteiger partial charge in [-0.05, 0) is 74.2 Å². The highest BCUT2D eigenvalue weighted by molar-refractivity contribution is 5.91. The molecule has 11 nitrogen and oxygen atoms in total. The van der Waals surface area contributed by atoms with Crippen molar-refractivity contribution in [2.45, 2.75) is 51.8 Å². The fourth-order valence-corrected chi connectivity index (χ4v) is 5.60. The van der Waals surface area contributed by atoms with Crippen LogP contribution in [0.25, 0.3) is 33.6 Å². The number of amides is 3. The number of hydrogen-bond acceptors (Lipinski definition) is 7. The molecule has 3 amide bonds. The second-order valence-corrected chi connectivity index (χ2v) is 11.3. The molecule has 45 heavy (non-hydrogen) atoms. The van der Waals surface area contributed by atoms with Crippen LogP contribution in [0, 0.1) is 0 Å². The molecule has 1 unspecified atom stereocenters. The molecule has 1 aliphatic rings. The maximum absolute atomic E-state index is 13.9. The van der Waals surface area contributed by atoms with E-state index < -0.39 is 18.2 Å². The summed E-state index contributed by atoms with van der Waals surface area (Å²) in [6, 6.07) is 23.3. The van der Waals surface area contributed by atoms with Crippen LogP contribution in [0.2, 0.25) is 0 Å². The molecule has 2 atom stereocenters. The fraction of sp³-hybridized carbons (Fsp3) is 0.265. The molecule has 1 fully saturated rings. The zero-order valence-corrected chi connectivity index (χ0v) is 25.2. The first-order valence-electron chi connectivity index (χ1n) is 14.9. The number of aromatic amines is 1. The third-order valence-electron chi connectivity index (χ3n) is 7.63. The number of hydrogen-bond donors (Lipinski definition) is 3. The molecule has 230 valence electrons. The highest BCUT2D eigenvalue weighted by atomic mass is 16.6. The summed E-state index contributed by atoms with van der Waals surface area (Å²) in [6.45, 7) is 5.48. The van der Waals surface area contributed by atoms with Crippen LogP contribution in [0.5, 0.6) is 0 Å². The maximum Gasteiger partial charge on any atom is 0.408 e. The number of alkyl carbamates (subject to hydrolysis) is 1. The lowest BCUT2D eigenvalue weighted by molar-refractivity contribution is -0.135. The molecule has 3 heterocycles. The Kier molecular flexibility index (Phi) is 8.33. The molecule has 0 bridgehead atoms. The van der Waals surface area contributed by atoms with Crippen molar-refractivity contribution in [3.8, 4) is 22.7 Å². The second kappa shape index (κ2) is 12.7. The van der Waals surface area contributed by atoms with Crippen LogP contribution in [-0.4, -0.2) is 50.6 Å². The standard InChI is InChI=1S/C34H34N6O5/c1-20(2)44-34(43)37-30(23-8-5-4-6-9-23)33(42)40-17-7-10-29(40)32-39-38-31(45-32)24-13-16-27-25(18-24)19-28(36-27)22-11-14-26(15-12-22)35-21(3)41/h4-6,8-9,11-16,18-20,29-30,36H,7,10,17H2,1-3H3,(H,35,41)(H,37,43)/t29-,30?/m0/s1. The van der Waals surface area contributed by atoms with Gasteiger partial charge in [0.2, 0.25) is 17.7 Å². The average Bonchev–Trinajstić information content (AvgIpc) is 3.79. The van der Waals surface area contributed by atoms with Crippen molar-refractivity contribution >= 4 is 34.5 Å². The Labute approximate surface area is 260 Å². The predicted molar refractivity (Wildman–Crippen MR) is 169 cm³/mol. The number of carbonyl (C=O) groups is 3. The van der Waals surface area contributed by atoms with E-state index in [0.717, 1.165) is 39.8 Å². The largest absolute Gasteiger partial charge is 0.447 e. The van der Waals surface area contributed by atoms with Crippen LogP contribution < -0.4 is 10.6 Å². The molecular weight excluding hydrogens is 572 g/mol. The lowest BCUT2D eigenvalue weighted by atomic mass is 10.1. The van der Waals surface area contributed by atoms with Gasteiger partial charge in [-0.2, -0.15) is 0 Å².